The zero-order valence-electron chi connectivity index (χ0n) is 8.30. The molecule has 0 fully saturated rings. The molecule has 0 bridgehead atoms. The lowest BCUT2D eigenvalue weighted by Crippen LogP contribution is -1.99. The second kappa shape index (κ2) is 4.47. The number of benzene rings is 1. The second-order valence-corrected chi connectivity index (χ2v) is 3.72. The summed E-state index contributed by atoms with van der Waals surface area (Å²) >= 11 is 5.76. The van der Waals surface area contributed by atoms with Crippen molar-refractivity contribution in [1.29, 1.82) is 0 Å². The Kier molecular flexibility index (Phi) is 3.53. The number of aromatic hydroxyl groups is 1. The fraction of sp³-hybridized carbons (Fsp3) is 0.364. The molecule has 0 unspecified atom stereocenters. The van der Waals surface area contributed by atoms with Gasteiger partial charge in [-0.15, -0.1) is 0 Å². The highest BCUT2D eigenvalue weighted by molar-refractivity contribution is 6.32. The Morgan fingerprint density at radius 1 is 1.50 bits per heavy atom. The zero-order valence-corrected chi connectivity index (χ0v) is 9.06. The molecule has 0 aliphatic heterocycles. The highest BCUT2D eigenvalue weighted by Gasteiger charge is 2.13. The number of phenols is 1. The molecular formula is C11H13ClO2. The van der Waals surface area contributed by atoms with Crippen LogP contribution in [0.2, 0.25) is 5.02 Å². The smallest absolute Gasteiger partial charge is 0.166 e. The fourth-order valence-corrected chi connectivity index (χ4v) is 1.58. The molecule has 0 spiro atoms. The van der Waals surface area contributed by atoms with E-state index >= 15 is 0 Å². The SMILES string of the molecule is CCCC(=O)c1cc(C)cc(Cl)c1O. The van der Waals surface area contributed by atoms with Gasteiger partial charge in [-0.25, -0.2) is 0 Å². The molecule has 0 heterocycles. The number of carbonyl (C=O) groups is 1. The highest BCUT2D eigenvalue weighted by atomic mass is 35.5. The maximum atomic E-state index is 11.6. The van der Waals surface area contributed by atoms with E-state index in [2.05, 4.69) is 0 Å². The topological polar surface area (TPSA) is 37.3 Å². The average molecular weight is 213 g/mol. The number of hydrogen-bond donors (Lipinski definition) is 1. The van der Waals surface area contributed by atoms with Gasteiger partial charge in [-0.3, -0.25) is 4.79 Å². The van der Waals surface area contributed by atoms with Gasteiger partial charge in [-0.05, 0) is 31.0 Å². The predicted molar refractivity (Wildman–Crippen MR) is 57.1 cm³/mol. The predicted octanol–water partition coefficient (Wildman–Crippen LogP) is 3.34. The minimum absolute atomic E-state index is 0.0596. The third-order valence-electron chi connectivity index (χ3n) is 1.99. The van der Waals surface area contributed by atoms with Crippen LogP contribution in [0.25, 0.3) is 0 Å². The lowest BCUT2D eigenvalue weighted by atomic mass is 10.0. The number of hydrogen-bond acceptors (Lipinski definition) is 2. The maximum Gasteiger partial charge on any atom is 0.166 e. The largest absolute Gasteiger partial charge is 0.506 e. The van der Waals surface area contributed by atoms with Crippen molar-refractivity contribution in [2.45, 2.75) is 26.7 Å². The molecule has 14 heavy (non-hydrogen) atoms. The van der Waals surface area contributed by atoms with E-state index < -0.39 is 0 Å². The van der Waals surface area contributed by atoms with Crippen LogP contribution in [0.5, 0.6) is 5.75 Å². The summed E-state index contributed by atoms with van der Waals surface area (Å²) in [6.45, 7) is 3.76. The van der Waals surface area contributed by atoms with E-state index in [9.17, 15) is 9.90 Å². The molecule has 0 saturated carbocycles. The molecule has 0 saturated heterocycles. The van der Waals surface area contributed by atoms with Gasteiger partial charge in [-0.1, -0.05) is 18.5 Å². The number of Topliss-reactive ketones (excluding diaryl/α,β-unsaturated/α-hetero) is 1. The van der Waals surface area contributed by atoms with Crippen LogP contribution in [0.4, 0.5) is 0 Å². The van der Waals surface area contributed by atoms with Crippen LogP contribution in [-0.2, 0) is 0 Å². The van der Waals surface area contributed by atoms with E-state index in [1.54, 1.807) is 12.1 Å². The van der Waals surface area contributed by atoms with Gasteiger partial charge in [-0.2, -0.15) is 0 Å². The molecule has 0 atom stereocenters. The van der Waals surface area contributed by atoms with Gasteiger partial charge in [0, 0.05) is 6.42 Å². The van der Waals surface area contributed by atoms with Crippen LogP contribution in [-0.4, -0.2) is 10.9 Å². The zero-order chi connectivity index (χ0) is 10.7. The van der Waals surface area contributed by atoms with E-state index in [0.29, 0.717) is 12.0 Å². The molecule has 0 aliphatic rings. The van der Waals surface area contributed by atoms with Crippen LogP contribution < -0.4 is 0 Å². The molecule has 0 aliphatic carbocycles. The number of rotatable bonds is 3. The van der Waals surface area contributed by atoms with Crippen LogP contribution in [0, 0.1) is 6.92 Å². The van der Waals surface area contributed by atoms with Gasteiger partial charge in [0.2, 0.25) is 0 Å². The van der Waals surface area contributed by atoms with Crippen molar-refractivity contribution < 1.29 is 9.90 Å². The summed E-state index contributed by atoms with van der Waals surface area (Å²) in [5.41, 5.74) is 1.21. The number of halogens is 1. The van der Waals surface area contributed by atoms with Crippen molar-refractivity contribution in [3.05, 3.63) is 28.3 Å². The summed E-state index contributed by atoms with van der Waals surface area (Å²) in [5.74, 6) is -0.161. The van der Waals surface area contributed by atoms with Crippen molar-refractivity contribution >= 4 is 17.4 Å². The first-order chi connectivity index (χ1) is 6.56. The van der Waals surface area contributed by atoms with Gasteiger partial charge in [0.25, 0.3) is 0 Å². The molecule has 1 N–H and O–H groups in total. The molecule has 0 radical (unpaired) electrons. The first-order valence-corrected chi connectivity index (χ1v) is 4.96. The monoisotopic (exact) mass is 212 g/mol. The van der Waals surface area contributed by atoms with Crippen LogP contribution >= 0.6 is 11.6 Å². The fourth-order valence-electron chi connectivity index (χ4n) is 1.31. The summed E-state index contributed by atoms with van der Waals surface area (Å²) < 4.78 is 0. The van der Waals surface area contributed by atoms with Crippen molar-refractivity contribution in [3.8, 4) is 5.75 Å². The van der Waals surface area contributed by atoms with Gasteiger partial charge in [0.15, 0.2) is 5.78 Å². The van der Waals surface area contributed by atoms with Gasteiger partial charge >= 0.3 is 0 Å². The highest BCUT2D eigenvalue weighted by Crippen LogP contribution is 2.29. The van der Waals surface area contributed by atoms with Crippen molar-refractivity contribution in [3.63, 3.8) is 0 Å². The lowest BCUT2D eigenvalue weighted by Gasteiger charge is -2.06. The first-order valence-electron chi connectivity index (χ1n) is 4.58. The van der Waals surface area contributed by atoms with Crippen LogP contribution in [0.3, 0.4) is 0 Å². The maximum absolute atomic E-state index is 11.6. The Labute approximate surface area is 88.5 Å². The third-order valence-corrected chi connectivity index (χ3v) is 2.27. The minimum atomic E-state index is -0.101. The van der Waals surface area contributed by atoms with Crippen LogP contribution in [0.15, 0.2) is 12.1 Å². The Morgan fingerprint density at radius 2 is 2.14 bits per heavy atom. The second-order valence-electron chi connectivity index (χ2n) is 3.32. The quantitative estimate of drug-likeness (QED) is 0.781. The summed E-state index contributed by atoms with van der Waals surface area (Å²) in [6, 6.07) is 3.30. The Morgan fingerprint density at radius 3 is 2.71 bits per heavy atom. The first kappa shape index (κ1) is 11.1. The van der Waals surface area contributed by atoms with E-state index in [1.807, 2.05) is 13.8 Å². The van der Waals surface area contributed by atoms with Crippen molar-refractivity contribution in [2.24, 2.45) is 0 Å². The molecule has 76 valence electrons. The number of ketones is 1. The summed E-state index contributed by atoms with van der Waals surface area (Å²) in [5, 5.41) is 9.81. The van der Waals surface area contributed by atoms with Gasteiger partial charge in [0.05, 0.1) is 10.6 Å². The summed E-state index contributed by atoms with van der Waals surface area (Å²) in [4.78, 5) is 11.6. The summed E-state index contributed by atoms with van der Waals surface area (Å²) in [6.07, 6.45) is 1.21. The van der Waals surface area contributed by atoms with E-state index in [-0.39, 0.29) is 16.6 Å². The van der Waals surface area contributed by atoms with Gasteiger partial charge < -0.3 is 5.11 Å². The van der Waals surface area contributed by atoms with Crippen LogP contribution in [0.1, 0.15) is 35.7 Å². The lowest BCUT2D eigenvalue weighted by molar-refractivity contribution is 0.0979. The molecule has 2 nitrogen and oxygen atoms in total. The molecule has 1 aromatic carbocycles. The average Bonchev–Trinajstić information content (AvgIpc) is 2.11. The van der Waals surface area contributed by atoms with Gasteiger partial charge in [0.1, 0.15) is 5.75 Å². The normalized spacial score (nSPS) is 10.2. The van der Waals surface area contributed by atoms with E-state index in [0.717, 1.165) is 12.0 Å². The summed E-state index contributed by atoms with van der Waals surface area (Å²) in [7, 11) is 0. The van der Waals surface area contributed by atoms with Crippen molar-refractivity contribution in [1.82, 2.24) is 0 Å². The molecule has 0 amide bonds. The minimum Gasteiger partial charge on any atom is -0.506 e. The Balaban J connectivity index is 3.13. The molecular weight excluding hydrogens is 200 g/mol. The standard InChI is InChI=1S/C11H13ClO2/c1-3-4-10(13)8-5-7(2)6-9(12)11(8)14/h5-6,14H,3-4H2,1-2H3. The Hall–Kier alpha value is -1.02. The molecule has 3 heteroatoms. The molecule has 1 aromatic rings. The molecule has 1 rings (SSSR count). The third kappa shape index (κ3) is 2.26. The Bertz CT molecular complexity index is 359. The van der Waals surface area contributed by atoms with E-state index in [1.165, 1.54) is 0 Å². The number of carbonyl (C=O) groups excluding carboxylic acids is 1. The van der Waals surface area contributed by atoms with E-state index in [4.69, 9.17) is 11.6 Å². The van der Waals surface area contributed by atoms with Crippen molar-refractivity contribution in [2.75, 3.05) is 0 Å². The molecule has 0 aromatic heterocycles. The number of aryl methyl sites for hydroxylation is 1. The number of phenolic OH excluding ortho intramolecular Hbond substituents is 1.